The molecule has 23 heavy (non-hydrogen) atoms. The summed E-state index contributed by atoms with van der Waals surface area (Å²) in [7, 11) is 0. The quantitative estimate of drug-likeness (QED) is 0.801. The van der Waals surface area contributed by atoms with E-state index in [9.17, 15) is 9.59 Å². The summed E-state index contributed by atoms with van der Waals surface area (Å²) in [5, 5.41) is 0. The van der Waals surface area contributed by atoms with E-state index in [2.05, 4.69) is 0 Å². The molecule has 0 radical (unpaired) electrons. The molecular weight excluding hydrogens is 294 g/mol. The van der Waals surface area contributed by atoms with Crippen molar-refractivity contribution in [2.45, 2.75) is 26.7 Å². The largest absolute Gasteiger partial charge is 0.451 e. The zero-order valence-corrected chi connectivity index (χ0v) is 13.5. The number of para-hydroxylation sites is 1. The Morgan fingerprint density at radius 1 is 1.17 bits per heavy atom. The highest BCUT2D eigenvalue weighted by molar-refractivity contribution is 6.15. The number of imide groups is 1. The fraction of sp³-hybridized carbons (Fsp3) is 0.444. The van der Waals surface area contributed by atoms with E-state index in [0.29, 0.717) is 31.4 Å². The molecule has 0 unspecified atom stereocenters. The average molecular weight is 315 g/mol. The van der Waals surface area contributed by atoms with Crippen LogP contribution in [0.1, 0.15) is 24.0 Å². The Balaban J connectivity index is 1.71. The molecule has 122 valence electrons. The van der Waals surface area contributed by atoms with Gasteiger partial charge in [0.1, 0.15) is 5.75 Å². The molecule has 0 atom stereocenters. The van der Waals surface area contributed by atoms with Gasteiger partial charge in [-0.1, -0.05) is 18.2 Å². The van der Waals surface area contributed by atoms with Crippen LogP contribution in [0.3, 0.4) is 0 Å². The lowest BCUT2D eigenvalue weighted by Gasteiger charge is -2.26. The lowest BCUT2D eigenvalue weighted by Crippen LogP contribution is -2.37. The molecule has 1 fully saturated rings. The van der Waals surface area contributed by atoms with Crippen molar-refractivity contribution in [3.8, 4) is 5.75 Å². The molecule has 2 aliphatic heterocycles. The molecule has 2 amide bonds. The Hall–Kier alpha value is -2.14. The maximum Gasteiger partial charge on any atom is 0.296 e. The lowest BCUT2D eigenvalue weighted by atomic mass is 10.00. The molecule has 1 aromatic carbocycles. The van der Waals surface area contributed by atoms with E-state index in [1.54, 1.807) is 0 Å². The highest BCUT2D eigenvalue weighted by atomic mass is 16.5. The third-order valence-corrected chi connectivity index (χ3v) is 4.38. The number of amides is 2. The van der Waals surface area contributed by atoms with Gasteiger partial charge >= 0.3 is 0 Å². The van der Waals surface area contributed by atoms with Crippen molar-refractivity contribution in [3.63, 3.8) is 0 Å². The summed E-state index contributed by atoms with van der Waals surface area (Å²) >= 11 is 0. The maximum atomic E-state index is 12.5. The van der Waals surface area contributed by atoms with Crippen LogP contribution in [0.5, 0.6) is 5.75 Å². The van der Waals surface area contributed by atoms with Crippen LogP contribution >= 0.6 is 0 Å². The van der Waals surface area contributed by atoms with E-state index in [1.807, 2.05) is 32.0 Å². The minimum atomic E-state index is -0.343. The maximum absolute atomic E-state index is 12.5. The number of carbonyl (C=O) groups excluding carboxylic acids is 2. The molecule has 0 aromatic heterocycles. The number of aryl methyl sites for hydroxylation is 2. The summed E-state index contributed by atoms with van der Waals surface area (Å²) in [5.41, 5.74) is 1.88. The normalized spacial score (nSPS) is 19.2. The number of ether oxygens (including phenoxy) is 2. The summed E-state index contributed by atoms with van der Waals surface area (Å²) in [5.74, 6) is 0.434. The Kier molecular flexibility index (Phi) is 4.48. The van der Waals surface area contributed by atoms with Crippen molar-refractivity contribution in [3.05, 3.63) is 41.2 Å². The molecule has 3 rings (SSSR count). The van der Waals surface area contributed by atoms with Gasteiger partial charge in [0.2, 0.25) is 0 Å². The van der Waals surface area contributed by atoms with E-state index in [1.165, 1.54) is 11.0 Å². The van der Waals surface area contributed by atoms with Crippen molar-refractivity contribution in [2.75, 3.05) is 19.8 Å². The first-order valence-corrected chi connectivity index (χ1v) is 7.95. The van der Waals surface area contributed by atoms with Crippen LogP contribution in [0.4, 0.5) is 0 Å². The Labute approximate surface area is 135 Å². The van der Waals surface area contributed by atoms with E-state index < -0.39 is 0 Å². The Bertz CT molecular complexity index is 639. The van der Waals surface area contributed by atoms with Crippen LogP contribution < -0.4 is 4.74 Å². The fourth-order valence-electron chi connectivity index (χ4n) is 2.99. The summed E-state index contributed by atoms with van der Waals surface area (Å²) in [6.07, 6.45) is 3.06. The number of carbonyl (C=O) groups is 2. The summed E-state index contributed by atoms with van der Waals surface area (Å²) in [4.78, 5) is 25.9. The van der Waals surface area contributed by atoms with Crippen molar-refractivity contribution in [1.29, 1.82) is 0 Å². The molecule has 5 heteroatoms. The second kappa shape index (κ2) is 6.54. The number of hydrogen-bond donors (Lipinski definition) is 0. The molecule has 0 bridgehead atoms. The van der Waals surface area contributed by atoms with Gasteiger partial charge < -0.3 is 9.47 Å². The first kappa shape index (κ1) is 15.7. The number of rotatable bonds is 4. The van der Waals surface area contributed by atoms with Crippen molar-refractivity contribution in [1.82, 2.24) is 4.90 Å². The molecule has 2 heterocycles. The number of hydrogen-bond acceptors (Lipinski definition) is 4. The Morgan fingerprint density at radius 3 is 2.48 bits per heavy atom. The van der Waals surface area contributed by atoms with Gasteiger partial charge in [-0.25, -0.2) is 0 Å². The summed E-state index contributed by atoms with van der Waals surface area (Å²) in [6.45, 7) is 5.67. The molecule has 1 aromatic rings. The van der Waals surface area contributed by atoms with Crippen LogP contribution in [0.15, 0.2) is 30.0 Å². The summed E-state index contributed by atoms with van der Waals surface area (Å²) in [6, 6.07) is 5.78. The molecule has 0 N–H and O–H groups in total. The SMILES string of the molecule is Cc1cccc(C)c1OC1=CC(=O)N(CC2CCOCC2)C1=O. The van der Waals surface area contributed by atoms with Crippen LogP contribution in [-0.2, 0) is 14.3 Å². The van der Waals surface area contributed by atoms with Gasteiger partial charge in [-0.05, 0) is 43.7 Å². The van der Waals surface area contributed by atoms with Crippen LogP contribution in [0, 0.1) is 19.8 Å². The molecule has 5 nitrogen and oxygen atoms in total. The van der Waals surface area contributed by atoms with Gasteiger partial charge in [0.05, 0.1) is 6.08 Å². The second-order valence-electron chi connectivity index (χ2n) is 6.14. The molecule has 1 saturated heterocycles. The van der Waals surface area contributed by atoms with E-state index >= 15 is 0 Å². The van der Waals surface area contributed by atoms with Crippen molar-refractivity contribution >= 4 is 11.8 Å². The lowest BCUT2D eigenvalue weighted by molar-refractivity contribution is -0.139. The molecule has 0 saturated carbocycles. The van der Waals surface area contributed by atoms with E-state index in [-0.39, 0.29) is 17.6 Å². The molecular formula is C18H21NO4. The van der Waals surface area contributed by atoms with Crippen LogP contribution in [-0.4, -0.2) is 36.5 Å². The standard InChI is InChI=1S/C18H21NO4/c1-12-4-3-5-13(2)17(12)23-15-10-16(20)19(18(15)21)11-14-6-8-22-9-7-14/h3-5,10,14H,6-9,11H2,1-2H3. The third-order valence-electron chi connectivity index (χ3n) is 4.38. The molecule has 0 spiro atoms. The fourth-order valence-corrected chi connectivity index (χ4v) is 2.99. The van der Waals surface area contributed by atoms with Gasteiger partial charge in [0.15, 0.2) is 5.76 Å². The highest BCUT2D eigenvalue weighted by Crippen LogP contribution is 2.27. The number of nitrogens with zero attached hydrogens (tertiary/aromatic N) is 1. The topological polar surface area (TPSA) is 55.8 Å². The third kappa shape index (κ3) is 3.29. The van der Waals surface area contributed by atoms with Crippen LogP contribution in [0.25, 0.3) is 0 Å². The summed E-state index contributed by atoms with van der Waals surface area (Å²) < 4.78 is 11.1. The number of benzene rings is 1. The van der Waals surface area contributed by atoms with Gasteiger partial charge in [0.25, 0.3) is 11.8 Å². The first-order valence-electron chi connectivity index (χ1n) is 7.95. The Morgan fingerprint density at radius 2 is 1.83 bits per heavy atom. The van der Waals surface area contributed by atoms with Crippen molar-refractivity contribution < 1.29 is 19.1 Å². The molecule has 2 aliphatic rings. The predicted molar refractivity (Wildman–Crippen MR) is 84.9 cm³/mol. The molecule has 0 aliphatic carbocycles. The predicted octanol–water partition coefficient (Wildman–Crippen LogP) is 2.36. The zero-order valence-electron chi connectivity index (χ0n) is 13.5. The van der Waals surface area contributed by atoms with Crippen molar-refractivity contribution in [2.24, 2.45) is 5.92 Å². The van der Waals surface area contributed by atoms with Gasteiger partial charge in [0, 0.05) is 19.8 Å². The highest BCUT2D eigenvalue weighted by Gasteiger charge is 2.35. The minimum Gasteiger partial charge on any atom is -0.451 e. The smallest absolute Gasteiger partial charge is 0.296 e. The van der Waals surface area contributed by atoms with Gasteiger partial charge in [-0.15, -0.1) is 0 Å². The average Bonchev–Trinajstić information content (AvgIpc) is 2.80. The minimum absolute atomic E-state index is 0.111. The first-order chi connectivity index (χ1) is 11.1. The van der Waals surface area contributed by atoms with E-state index in [0.717, 1.165) is 24.0 Å². The van der Waals surface area contributed by atoms with E-state index in [4.69, 9.17) is 9.47 Å². The second-order valence-corrected chi connectivity index (χ2v) is 6.14. The van der Waals surface area contributed by atoms with Gasteiger partial charge in [-0.3, -0.25) is 14.5 Å². The zero-order chi connectivity index (χ0) is 16.4. The monoisotopic (exact) mass is 315 g/mol. The van der Waals surface area contributed by atoms with Crippen LogP contribution in [0.2, 0.25) is 0 Å². The van der Waals surface area contributed by atoms with Gasteiger partial charge in [-0.2, -0.15) is 0 Å².